The summed E-state index contributed by atoms with van der Waals surface area (Å²) in [4.78, 5) is 0. The predicted molar refractivity (Wildman–Crippen MR) is 51.2 cm³/mol. The van der Waals surface area contributed by atoms with E-state index < -0.39 is 11.7 Å². The molecule has 0 atom stereocenters. The number of hydrogen-bond donors (Lipinski definition) is 1. The first-order valence-electron chi connectivity index (χ1n) is 3.82. The maximum atomic E-state index is 12.3. The molecule has 1 nitrogen and oxygen atoms in total. The normalized spacial score (nSPS) is 12.2. The smallest absolute Gasteiger partial charge is 0.398 e. The van der Waals surface area contributed by atoms with Crippen molar-refractivity contribution in [1.29, 1.82) is 0 Å². The average molecular weight is 217 g/mol. The molecular weight excluding hydrogens is 211 g/mol. The number of benzene rings is 1. The topological polar surface area (TPSA) is 26.0 Å². The van der Waals surface area contributed by atoms with Crippen molar-refractivity contribution in [2.24, 2.45) is 0 Å². The van der Waals surface area contributed by atoms with Crippen LogP contribution in [0.25, 0.3) is 10.1 Å². The number of hydrogen-bond acceptors (Lipinski definition) is 2. The number of nitrogen functional groups attached to an aromatic ring is 1. The summed E-state index contributed by atoms with van der Waals surface area (Å²) >= 11 is 1.34. The number of rotatable bonds is 0. The number of thiophene rings is 1. The van der Waals surface area contributed by atoms with Gasteiger partial charge in [-0.2, -0.15) is 13.2 Å². The van der Waals surface area contributed by atoms with Crippen molar-refractivity contribution >= 4 is 27.1 Å². The van der Waals surface area contributed by atoms with E-state index in [2.05, 4.69) is 0 Å². The average Bonchev–Trinajstić information content (AvgIpc) is 2.46. The van der Waals surface area contributed by atoms with Gasteiger partial charge in [0.05, 0.1) is 11.3 Å². The van der Waals surface area contributed by atoms with Crippen molar-refractivity contribution in [2.75, 3.05) is 5.73 Å². The van der Waals surface area contributed by atoms with E-state index in [1.165, 1.54) is 17.4 Å². The van der Waals surface area contributed by atoms with Crippen LogP contribution in [0.3, 0.4) is 0 Å². The molecule has 2 aromatic rings. The van der Waals surface area contributed by atoms with E-state index in [0.717, 1.165) is 16.8 Å². The van der Waals surface area contributed by atoms with Gasteiger partial charge in [0.25, 0.3) is 0 Å². The second kappa shape index (κ2) is 2.88. The van der Waals surface area contributed by atoms with Crippen LogP contribution in [-0.4, -0.2) is 0 Å². The van der Waals surface area contributed by atoms with Crippen LogP contribution in [0.2, 0.25) is 0 Å². The predicted octanol–water partition coefficient (Wildman–Crippen LogP) is 3.50. The number of fused-ring (bicyclic) bond motifs is 1. The number of anilines is 1. The molecule has 0 saturated heterocycles. The van der Waals surface area contributed by atoms with Gasteiger partial charge in [-0.1, -0.05) is 0 Å². The summed E-state index contributed by atoms with van der Waals surface area (Å²) in [5.41, 5.74) is 5.27. The van der Waals surface area contributed by atoms with Gasteiger partial charge in [0.1, 0.15) is 0 Å². The minimum absolute atomic E-state index is 0.399. The van der Waals surface area contributed by atoms with Crippen molar-refractivity contribution in [3.63, 3.8) is 0 Å². The lowest BCUT2D eigenvalue weighted by Crippen LogP contribution is -2.04. The van der Waals surface area contributed by atoms with E-state index in [1.54, 1.807) is 5.38 Å². The van der Waals surface area contributed by atoms with Crippen LogP contribution in [0.1, 0.15) is 5.56 Å². The van der Waals surface area contributed by atoms with E-state index >= 15 is 0 Å². The third kappa shape index (κ3) is 1.43. The summed E-state index contributed by atoms with van der Waals surface area (Å²) in [6.07, 6.45) is -4.30. The van der Waals surface area contributed by atoms with Crippen LogP contribution in [-0.2, 0) is 6.18 Å². The van der Waals surface area contributed by atoms with E-state index in [-0.39, 0.29) is 0 Å². The zero-order chi connectivity index (χ0) is 10.3. The van der Waals surface area contributed by atoms with Crippen LogP contribution in [0, 0.1) is 0 Å². The fourth-order valence-electron chi connectivity index (χ4n) is 1.23. The Hall–Kier alpha value is -1.23. The first kappa shape index (κ1) is 9.33. The Bertz CT molecular complexity index is 472. The Morgan fingerprint density at radius 1 is 1.21 bits per heavy atom. The minimum atomic E-state index is -4.30. The zero-order valence-corrected chi connectivity index (χ0v) is 7.75. The third-order valence-electron chi connectivity index (χ3n) is 1.93. The van der Waals surface area contributed by atoms with Crippen molar-refractivity contribution in [1.82, 2.24) is 0 Å². The van der Waals surface area contributed by atoms with Gasteiger partial charge in [0.15, 0.2) is 0 Å². The maximum Gasteiger partial charge on any atom is 0.416 e. The monoisotopic (exact) mass is 217 g/mol. The lowest BCUT2D eigenvalue weighted by atomic mass is 10.1. The highest BCUT2D eigenvalue weighted by molar-refractivity contribution is 7.17. The second-order valence-electron chi connectivity index (χ2n) is 2.90. The van der Waals surface area contributed by atoms with Gasteiger partial charge in [-0.25, -0.2) is 0 Å². The molecular formula is C9H6F3NS. The zero-order valence-electron chi connectivity index (χ0n) is 6.93. The molecule has 0 radical (unpaired) electrons. The highest BCUT2D eigenvalue weighted by atomic mass is 32.1. The lowest BCUT2D eigenvalue weighted by molar-refractivity contribution is -0.137. The summed E-state index contributed by atoms with van der Waals surface area (Å²) in [7, 11) is 0. The van der Waals surface area contributed by atoms with Crippen molar-refractivity contribution in [3.8, 4) is 0 Å². The molecule has 14 heavy (non-hydrogen) atoms. The Morgan fingerprint density at radius 3 is 2.57 bits per heavy atom. The Kier molecular flexibility index (Phi) is 1.92. The van der Waals surface area contributed by atoms with Gasteiger partial charge < -0.3 is 5.73 Å². The molecule has 5 heteroatoms. The maximum absolute atomic E-state index is 12.3. The van der Waals surface area contributed by atoms with Gasteiger partial charge in [-0.05, 0) is 18.2 Å². The van der Waals surface area contributed by atoms with Gasteiger partial charge in [-0.3, -0.25) is 0 Å². The fourth-order valence-corrected chi connectivity index (χ4v) is 2.06. The molecule has 1 aromatic carbocycles. The van der Waals surface area contributed by atoms with Crippen LogP contribution < -0.4 is 5.73 Å². The second-order valence-corrected chi connectivity index (χ2v) is 3.81. The third-order valence-corrected chi connectivity index (χ3v) is 2.91. The molecule has 74 valence electrons. The quantitative estimate of drug-likeness (QED) is 0.718. The lowest BCUT2D eigenvalue weighted by Gasteiger charge is -2.05. The van der Waals surface area contributed by atoms with E-state index in [9.17, 15) is 13.2 Å². The Labute approximate surface area is 82.0 Å². The molecule has 0 bridgehead atoms. The van der Waals surface area contributed by atoms with Gasteiger partial charge in [-0.15, -0.1) is 11.3 Å². The van der Waals surface area contributed by atoms with E-state index in [4.69, 9.17) is 5.73 Å². The summed E-state index contributed by atoms with van der Waals surface area (Å²) < 4.78 is 37.7. The molecule has 2 N–H and O–H groups in total. The van der Waals surface area contributed by atoms with Crippen LogP contribution in [0.4, 0.5) is 18.9 Å². The van der Waals surface area contributed by atoms with Gasteiger partial charge in [0, 0.05) is 15.5 Å². The van der Waals surface area contributed by atoms with Gasteiger partial charge in [0.2, 0.25) is 0 Å². The van der Waals surface area contributed by atoms with Crippen molar-refractivity contribution < 1.29 is 13.2 Å². The SMILES string of the molecule is Nc1csc2ccc(C(F)(F)F)cc12. The number of nitrogens with two attached hydrogens (primary N) is 1. The largest absolute Gasteiger partial charge is 0.416 e. The molecule has 1 heterocycles. The summed E-state index contributed by atoms with van der Waals surface area (Å²) in [6, 6.07) is 3.60. The van der Waals surface area contributed by atoms with Crippen molar-refractivity contribution in [2.45, 2.75) is 6.18 Å². The molecule has 0 aliphatic rings. The van der Waals surface area contributed by atoms with E-state index in [1.807, 2.05) is 0 Å². The summed E-state index contributed by atoms with van der Waals surface area (Å²) in [6.45, 7) is 0. The first-order chi connectivity index (χ1) is 6.48. The molecule has 0 aliphatic carbocycles. The Morgan fingerprint density at radius 2 is 1.93 bits per heavy atom. The highest BCUT2D eigenvalue weighted by Gasteiger charge is 2.30. The summed E-state index contributed by atoms with van der Waals surface area (Å²) in [5, 5.41) is 2.12. The highest BCUT2D eigenvalue weighted by Crippen LogP contribution is 2.35. The molecule has 0 spiro atoms. The molecule has 2 rings (SSSR count). The molecule has 0 saturated carbocycles. The fraction of sp³-hybridized carbons (Fsp3) is 0.111. The summed E-state index contributed by atoms with van der Waals surface area (Å²) in [5.74, 6) is 0. The van der Waals surface area contributed by atoms with Crippen molar-refractivity contribution in [3.05, 3.63) is 29.1 Å². The first-order valence-corrected chi connectivity index (χ1v) is 4.70. The van der Waals surface area contributed by atoms with Crippen LogP contribution in [0.5, 0.6) is 0 Å². The van der Waals surface area contributed by atoms with Crippen LogP contribution >= 0.6 is 11.3 Å². The minimum Gasteiger partial charge on any atom is -0.398 e. The standard InChI is InChI=1S/C9H6F3NS/c10-9(11,12)5-1-2-8-6(3-5)7(13)4-14-8/h1-4H,13H2. The number of alkyl halides is 3. The Balaban J connectivity index is 2.66. The molecule has 0 amide bonds. The molecule has 0 aliphatic heterocycles. The van der Waals surface area contributed by atoms with E-state index in [0.29, 0.717) is 11.1 Å². The number of halogens is 3. The molecule has 1 aromatic heterocycles. The van der Waals surface area contributed by atoms with Crippen LogP contribution in [0.15, 0.2) is 23.6 Å². The molecule has 0 fully saturated rings. The van der Waals surface area contributed by atoms with Gasteiger partial charge >= 0.3 is 6.18 Å². The molecule has 0 unspecified atom stereocenters.